The fraction of sp³-hybridized carbons (Fsp3) is 0.705. The van der Waals surface area contributed by atoms with Crippen LogP contribution in [-0.2, 0) is 49.5 Å². The number of halogens is 1. The summed E-state index contributed by atoms with van der Waals surface area (Å²) in [6.45, 7) is 13.3. The Morgan fingerprint density at radius 2 is 1.81 bits per heavy atom. The highest BCUT2D eigenvalue weighted by atomic mass is 32.1. The topological polar surface area (TPSA) is 227 Å². The number of alkyl halides is 1. The fourth-order valence-electron chi connectivity index (χ4n) is 8.90. The number of ketones is 1. The van der Waals surface area contributed by atoms with Crippen LogP contribution in [0.1, 0.15) is 93.7 Å². The highest BCUT2D eigenvalue weighted by Crippen LogP contribution is 2.41. The van der Waals surface area contributed by atoms with Crippen molar-refractivity contribution in [3.8, 4) is 10.7 Å². The molecule has 5 rings (SSSR count). The number of nitrogens with zero attached hydrogens (tertiary/aromatic N) is 5. The third-order valence-corrected chi connectivity index (χ3v) is 13.3. The Hall–Kier alpha value is -3.82. The number of nitrogens with two attached hydrogens (primary N) is 1. The van der Waals surface area contributed by atoms with Crippen LogP contribution in [0.2, 0.25) is 0 Å². The predicted molar refractivity (Wildman–Crippen MR) is 234 cm³/mol. The summed E-state index contributed by atoms with van der Waals surface area (Å²) in [4.78, 5) is 62.8. The molecule has 5 heterocycles. The summed E-state index contributed by atoms with van der Waals surface area (Å²) in [6.07, 6.45) is -6.48. The SMILES string of the molecule is CCC(=O)/N=C1\[C@H](C)C[C@@]2(C)OC/C(=N/OCc3csc(-c4cccc(N)n4)n3)CO[C@H]([C@H]1C)[C@](C)(O)[C@@H](CC)OC(=O)[C@@](C)(F)C(=O)[C@H](C)[C@H]2O[C@@H]1O[C@H](C)C[C@H](N(C)C)[C@H]1O. The highest BCUT2D eigenvalue weighted by molar-refractivity contribution is 7.13. The molecule has 3 fully saturated rings. The number of ether oxygens (including phenoxy) is 5. The van der Waals surface area contributed by atoms with E-state index in [0.29, 0.717) is 34.3 Å². The number of hydrogen-bond acceptors (Lipinski definition) is 17. The van der Waals surface area contributed by atoms with E-state index < -0.39 is 95.1 Å². The summed E-state index contributed by atoms with van der Waals surface area (Å²) in [5.74, 6) is -5.70. The van der Waals surface area contributed by atoms with Gasteiger partial charge < -0.3 is 49.4 Å². The van der Waals surface area contributed by atoms with Gasteiger partial charge in [-0.05, 0) is 79.1 Å². The number of carbonyl (C=O) groups is 3. The fourth-order valence-corrected chi connectivity index (χ4v) is 9.67. The van der Waals surface area contributed by atoms with Gasteiger partial charge in [0.2, 0.25) is 5.91 Å². The average Bonchev–Trinajstić information content (AvgIpc) is 3.70. The van der Waals surface area contributed by atoms with Crippen molar-refractivity contribution < 1.29 is 57.5 Å². The molecule has 3 aliphatic heterocycles. The monoisotopic (exact) mass is 904 g/mol. The van der Waals surface area contributed by atoms with Crippen molar-refractivity contribution in [1.82, 2.24) is 14.9 Å². The first-order valence-corrected chi connectivity index (χ1v) is 22.5. The maximum Gasteiger partial charge on any atom is 0.351 e. The number of aromatic nitrogens is 2. The quantitative estimate of drug-likeness (QED) is 0.176. The number of aliphatic imine (C=N–C) groups is 1. The molecule has 19 heteroatoms. The van der Waals surface area contributed by atoms with Crippen molar-refractivity contribution in [3.05, 3.63) is 29.3 Å². The smallest absolute Gasteiger partial charge is 0.351 e. The number of pyridine rings is 1. The minimum absolute atomic E-state index is 0.00176. The van der Waals surface area contributed by atoms with Gasteiger partial charge in [0.05, 0.1) is 42.8 Å². The molecule has 4 N–H and O–H groups in total. The second-order valence-corrected chi connectivity index (χ2v) is 18.7. The van der Waals surface area contributed by atoms with Gasteiger partial charge in [-0.1, -0.05) is 45.8 Å². The first-order chi connectivity index (χ1) is 29.5. The summed E-state index contributed by atoms with van der Waals surface area (Å²) in [7, 11) is 3.63. The number of thiazole rings is 1. The van der Waals surface area contributed by atoms with Gasteiger partial charge in [0.1, 0.15) is 40.0 Å². The van der Waals surface area contributed by atoms with E-state index in [2.05, 4.69) is 20.1 Å². The van der Waals surface area contributed by atoms with Gasteiger partial charge in [-0.2, -0.15) is 0 Å². The summed E-state index contributed by atoms with van der Waals surface area (Å²) in [5, 5.41) is 31.0. The maximum atomic E-state index is 17.0. The molecule has 3 saturated heterocycles. The minimum Gasteiger partial charge on any atom is -0.457 e. The number of cyclic esters (lactones) is 1. The number of hydrogen-bond donors (Lipinski definition) is 3. The maximum absolute atomic E-state index is 17.0. The third-order valence-electron chi connectivity index (χ3n) is 12.4. The van der Waals surface area contributed by atoms with Crippen LogP contribution in [0, 0.1) is 17.8 Å². The molecule has 2 bridgehead atoms. The van der Waals surface area contributed by atoms with Crippen LogP contribution in [0.4, 0.5) is 10.2 Å². The number of carbonyl (C=O) groups excluding carboxylic acids is 3. The Labute approximate surface area is 372 Å². The molecule has 0 unspecified atom stereocenters. The Morgan fingerprint density at radius 1 is 1.10 bits per heavy atom. The van der Waals surface area contributed by atoms with Crippen LogP contribution in [0.25, 0.3) is 10.7 Å². The predicted octanol–water partition coefficient (Wildman–Crippen LogP) is 4.70. The molecule has 1 amide bonds. The molecule has 350 valence electrons. The number of anilines is 1. The Bertz CT molecular complexity index is 2000. The van der Waals surface area contributed by atoms with E-state index in [0.717, 1.165) is 6.92 Å². The molecule has 2 aromatic rings. The zero-order valence-corrected chi connectivity index (χ0v) is 39.0. The van der Waals surface area contributed by atoms with Gasteiger partial charge >= 0.3 is 5.97 Å². The van der Waals surface area contributed by atoms with Crippen LogP contribution in [0.5, 0.6) is 0 Å². The lowest BCUT2D eigenvalue weighted by molar-refractivity contribution is -0.296. The average molecular weight is 905 g/mol. The molecule has 0 saturated carbocycles. The molecule has 0 radical (unpaired) electrons. The first kappa shape index (κ1) is 50.2. The van der Waals surface area contributed by atoms with Crippen molar-refractivity contribution in [3.63, 3.8) is 0 Å². The Balaban J connectivity index is 1.67. The molecule has 63 heavy (non-hydrogen) atoms. The lowest BCUT2D eigenvalue weighted by Gasteiger charge is -2.47. The van der Waals surface area contributed by atoms with Crippen LogP contribution >= 0.6 is 11.3 Å². The van der Waals surface area contributed by atoms with Gasteiger partial charge in [0, 0.05) is 35.4 Å². The number of nitrogen functional groups attached to an aromatic ring is 1. The molecule has 0 spiro atoms. The zero-order valence-electron chi connectivity index (χ0n) is 38.2. The van der Waals surface area contributed by atoms with Crippen molar-refractivity contribution in [2.45, 2.75) is 154 Å². The van der Waals surface area contributed by atoms with Gasteiger partial charge in [0.15, 0.2) is 18.7 Å². The molecule has 17 nitrogen and oxygen atoms in total. The van der Waals surface area contributed by atoms with Crippen LogP contribution in [0.3, 0.4) is 0 Å². The van der Waals surface area contributed by atoms with E-state index in [1.807, 2.05) is 32.8 Å². The van der Waals surface area contributed by atoms with Crippen LogP contribution in [0.15, 0.2) is 33.7 Å². The largest absolute Gasteiger partial charge is 0.457 e. The number of fused-ring (bicyclic) bond motifs is 5. The summed E-state index contributed by atoms with van der Waals surface area (Å²) in [6, 6.07) is 4.84. The third kappa shape index (κ3) is 11.4. The lowest BCUT2D eigenvalue weighted by Crippen LogP contribution is -2.61. The number of aliphatic hydroxyl groups excluding tert-OH is 1. The van der Waals surface area contributed by atoms with Gasteiger partial charge in [-0.3, -0.25) is 9.59 Å². The molecule has 2 aromatic heterocycles. The summed E-state index contributed by atoms with van der Waals surface area (Å²) < 4.78 is 48.9. The normalized spacial score (nSPS) is 37.6. The zero-order chi connectivity index (χ0) is 46.6. The number of aliphatic hydroxyl groups is 2. The van der Waals surface area contributed by atoms with E-state index in [9.17, 15) is 24.6 Å². The van der Waals surface area contributed by atoms with E-state index in [1.54, 1.807) is 51.3 Å². The van der Waals surface area contributed by atoms with E-state index in [4.69, 9.17) is 34.3 Å². The Morgan fingerprint density at radius 3 is 2.46 bits per heavy atom. The molecule has 13 atom stereocenters. The number of likely N-dealkylation sites (N-methyl/N-ethyl adjacent to an activating group) is 1. The van der Waals surface area contributed by atoms with E-state index >= 15 is 4.39 Å². The molecule has 0 aliphatic carbocycles. The minimum atomic E-state index is -3.23. The van der Waals surface area contributed by atoms with Crippen molar-refractivity contribution >= 4 is 46.2 Å². The van der Waals surface area contributed by atoms with Crippen LogP contribution in [-0.4, -0.2) is 141 Å². The molecular weight excluding hydrogens is 840 g/mol. The number of esters is 1. The van der Waals surface area contributed by atoms with Crippen molar-refractivity contribution in [2.24, 2.45) is 27.9 Å². The van der Waals surface area contributed by atoms with Gasteiger partial charge in [0.25, 0.3) is 5.67 Å². The van der Waals surface area contributed by atoms with E-state index in [-0.39, 0.29) is 44.8 Å². The standard InChI is InChI=1S/C44H65FN6O11S/c1-12-31-44(9,56)38-25(5)34(49-33(52)13-2)23(3)18-42(7,58-20-27(19-57-38)50-59-21-28-22-63-39(47-28)29-15-14-16-32(46)48-29)37(26(6)36(54)43(8,45)41(55)61-31)62-40-35(53)30(51(10)11)17-24(4)60-40/h14-16,22-26,30-31,35,37-38,40,53,56H,12-13,17-21H2,1-11H3,(H2,46,48)/b49-34+,50-27+/t23-,24-,25+,26+,30+,31-,35-,37-,38-,40+,42-,43+,44-/m1/s1. The number of Topliss-reactive ketones (excluding diaryl/α,β-unsaturated/α-hetero) is 1. The number of amides is 1. The van der Waals surface area contributed by atoms with Crippen molar-refractivity contribution in [1.29, 1.82) is 0 Å². The van der Waals surface area contributed by atoms with Crippen molar-refractivity contribution in [2.75, 3.05) is 33.0 Å². The molecular formula is C44H65FN6O11S. The molecule has 3 aliphatic rings. The first-order valence-electron chi connectivity index (χ1n) is 21.6. The Kier molecular flexibility index (Phi) is 16.4. The second kappa shape index (κ2) is 20.6. The number of oxime groups is 1. The summed E-state index contributed by atoms with van der Waals surface area (Å²) >= 11 is 1.35. The van der Waals surface area contributed by atoms with E-state index in [1.165, 1.54) is 25.2 Å². The number of rotatable bonds is 9. The van der Waals surface area contributed by atoms with Crippen LogP contribution < -0.4 is 5.73 Å². The van der Waals surface area contributed by atoms with Gasteiger partial charge in [-0.25, -0.2) is 24.1 Å². The second-order valence-electron chi connectivity index (χ2n) is 17.8. The summed E-state index contributed by atoms with van der Waals surface area (Å²) in [5.41, 5.74) is 0.692. The highest BCUT2D eigenvalue weighted by Gasteiger charge is 2.56. The lowest BCUT2D eigenvalue weighted by atomic mass is 9.73. The molecule has 0 aromatic carbocycles. The van der Waals surface area contributed by atoms with Gasteiger partial charge in [-0.15, -0.1) is 11.3 Å².